The first-order chi connectivity index (χ1) is 19.7. The molecule has 0 spiro atoms. The van der Waals surface area contributed by atoms with E-state index in [1.54, 1.807) is 11.0 Å². The number of fused-ring (bicyclic) bond motifs is 1. The number of amides is 4. The van der Waals surface area contributed by atoms with E-state index in [1.165, 1.54) is 23.9 Å². The van der Waals surface area contributed by atoms with Crippen molar-refractivity contribution >= 4 is 35.3 Å². The van der Waals surface area contributed by atoms with Gasteiger partial charge in [-0.25, -0.2) is 9.18 Å². The van der Waals surface area contributed by atoms with E-state index in [4.69, 9.17) is 5.73 Å². The normalized spacial score (nSPS) is 15.6. The van der Waals surface area contributed by atoms with Crippen LogP contribution in [0.25, 0.3) is 11.1 Å². The van der Waals surface area contributed by atoms with Crippen LogP contribution in [0.2, 0.25) is 0 Å². The monoisotopic (exact) mass is 577 g/mol. The average Bonchev–Trinajstić information content (AvgIpc) is 3.08. The first-order valence-corrected chi connectivity index (χ1v) is 14.6. The Kier molecular flexibility index (Phi) is 10.0. The molecule has 0 aromatic heterocycles. The number of nitrogens with two attached hydrogens (primary N) is 1. The minimum atomic E-state index is -0.809. The summed E-state index contributed by atoms with van der Waals surface area (Å²) in [7, 11) is 0. The minimum absolute atomic E-state index is 0.0844. The van der Waals surface area contributed by atoms with E-state index >= 15 is 0 Å². The molecule has 10 heteroatoms. The molecule has 1 aliphatic rings. The molecule has 0 saturated heterocycles. The maximum absolute atomic E-state index is 14.1. The van der Waals surface area contributed by atoms with Crippen LogP contribution in [0.5, 0.6) is 0 Å². The van der Waals surface area contributed by atoms with Gasteiger partial charge in [0.1, 0.15) is 11.9 Å². The largest absolute Gasteiger partial charge is 0.342 e. The van der Waals surface area contributed by atoms with Crippen molar-refractivity contribution in [2.45, 2.75) is 50.8 Å². The number of thioether (sulfide) groups is 1. The zero-order valence-electron chi connectivity index (χ0n) is 23.4. The van der Waals surface area contributed by atoms with Crippen molar-refractivity contribution < 1.29 is 18.8 Å². The van der Waals surface area contributed by atoms with Crippen LogP contribution in [-0.2, 0) is 22.7 Å². The van der Waals surface area contributed by atoms with Crippen molar-refractivity contribution in [3.8, 4) is 11.1 Å². The smallest absolute Gasteiger partial charge is 0.315 e. The maximum atomic E-state index is 14.1. The van der Waals surface area contributed by atoms with Gasteiger partial charge in [-0.05, 0) is 53.3 Å². The summed E-state index contributed by atoms with van der Waals surface area (Å²) < 4.78 is 14.1. The van der Waals surface area contributed by atoms with Gasteiger partial charge in [0.05, 0.1) is 18.3 Å². The standard InChI is InChI=1S/C31H36FN5O3S/c1-4-34-31(40)35-16-22-7-5-6-8-24(22)21-11-9-20(10-12-21)17-37-26-14-13-23(32)15-27(26)41-18-25(30(37)39)36-29(38)28(33)19(2)3/h5-15,19,25,28H,4,16-18,33H2,1-3H3,(H,36,38)(H2,34,35,40)/t25-,28?/m1/s1. The molecule has 0 fully saturated rings. The Labute approximate surface area is 244 Å². The molecule has 41 heavy (non-hydrogen) atoms. The van der Waals surface area contributed by atoms with E-state index in [2.05, 4.69) is 16.0 Å². The molecule has 5 N–H and O–H groups in total. The van der Waals surface area contributed by atoms with E-state index < -0.39 is 17.9 Å². The van der Waals surface area contributed by atoms with Crippen molar-refractivity contribution in [1.82, 2.24) is 16.0 Å². The number of carbonyl (C=O) groups is 3. The average molecular weight is 578 g/mol. The molecule has 4 amide bonds. The Balaban J connectivity index is 1.57. The van der Waals surface area contributed by atoms with Gasteiger partial charge in [-0.2, -0.15) is 0 Å². The molecule has 8 nitrogen and oxygen atoms in total. The highest BCUT2D eigenvalue weighted by atomic mass is 32.2. The quantitative estimate of drug-likeness (QED) is 0.301. The van der Waals surface area contributed by atoms with Gasteiger partial charge in [0.25, 0.3) is 5.91 Å². The van der Waals surface area contributed by atoms with Crippen molar-refractivity contribution in [1.29, 1.82) is 0 Å². The minimum Gasteiger partial charge on any atom is -0.342 e. The lowest BCUT2D eigenvalue weighted by Gasteiger charge is -2.27. The Bertz CT molecular complexity index is 1400. The van der Waals surface area contributed by atoms with E-state index in [-0.39, 0.29) is 36.1 Å². The molecule has 1 aliphatic heterocycles. The summed E-state index contributed by atoms with van der Waals surface area (Å²) >= 11 is 1.33. The zero-order valence-corrected chi connectivity index (χ0v) is 24.3. The first-order valence-electron chi connectivity index (χ1n) is 13.7. The zero-order chi connectivity index (χ0) is 29.5. The Hall–Kier alpha value is -3.89. The first kappa shape index (κ1) is 30.1. The molecule has 3 aromatic rings. The summed E-state index contributed by atoms with van der Waals surface area (Å²) in [6.45, 7) is 6.72. The fourth-order valence-corrected chi connectivity index (χ4v) is 5.64. The summed E-state index contributed by atoms with van der Waals surface area (Å²) in [5.74, 6) is -0.877. The summed E-state index contributed by atoms with van der Waals surface area (Å²) in [5, 5.41) is 8.41. The van der Waals surface area contributed by atoms with E-state index in [0.717, 1.165) is 22.3 Å². The molecule has 0 aliphatic carbocycles. The summed E-state index contributed by atoms with van der Waals surface area (Å²) in [6, 6.07) is 18.3. The molecular formula is C31H36FN5O3S. The van der Waals surface area contributed by atoms with Crippen molar-refractivity contribution in [3.63, 3.8) is 0 Å². The SMILES string of the molecule is CCNC(=O)NCc1ccccc1-c1ccc(CN2C(=O)[C@H](NC(=O)C(N)C(C)C)CSc3cc(F)ccc32)cc1. The van der Waals surface area contributed by atoms with Crippen molar-refractivity contribution in [2.75, 3.05) is 17.2 Å². The number of rotatable bonds is 9. The van der Waals surface area contributed by atoms with Crippen LogP contribution in [0.4, 0.5) is 14.9 Å². The number of anilines is 1. The van der Waals surface area contributed by atoms with Crippen LogP contribution in [-0.4, -0.2) is 42.2 Å². The molecule has 3 aromatic carbocycles. The van der Waals surface area contributed by atoms with Gasteiger partial charge in [-0.1, -0.05) is 62.4 Å². The van der Waals surface area contributed by atoms with Gasteiger partial charge in [0.15, 0.2) is 0 Å². The molecule has 1 heterocycles. The van der Waals surface area contributed by atoms with Gasteiger partial charge in [-0.3, -0.25) is 9.59 Å². The molecular weight excluding hydrogens is 541 g/mol. The maximum Gasteiger partial charge on any atom is 0.315 e. The fourth-order valence-electron chi connectivity index (χ4n) is 4.54. The molecule has 2 atom stereocenters. The number of carbonyl (C=O) groups excluding carboxylic acids is 3. The van der Waals surface area contributed by atoms with Gasteiger partial charge in [-0.15, -0.1) is 11.8 Å². The van der Waals surface area contributed by atoms with E-state index in [1.807, 2.05) is 69.3 Å². The van der Waals surface area contributed by atoms with Crippen molar-refractivity contribution in [2.24, 2.45) is 11.7 Å². The van der Waals surface area contributed by atoms with Crippen LogP contribution >= 0.6 is 11.8 Å². The highest BCUT2D eigenvalue weighted by molar-refractivity contribution is 7.99. The fraction of sp³-hybridized carbons (Fsp3) is 0.323. The van der Waals surface area contributed by atoms with Crippen LogP contribution in [0.1, 0.15) is 31.9 Å². The predicted octanol–water partition coefficient (Wildman–Crippen LogP) is 4.42. The summed E-state index contributed by atoms with van der Waals surface area (Å²) in [6.07, 6.45) is 0. The Morgan fingerprint density at radius 2 is 1.80 bits per heavy atom. The number of hydrogen-bond donors (Lipinski definition) is 4. The van der Waals surface area contributed by atoms with Crippen LogP contribution < -0.4 is 26.6 Å². The van der Waals surface area contributed by atoms with E-state index in [0.29, 0.717) is 23.7 Å². The summed E-state index contributed by atoms with van der Waals surface area (Å²) in [5.41, 5.74) is 10.4. The molecule has 0 bridgehead atoms. The highest BCUT2D eigenvalue weighted by Gasteiger charge is 2.33. The Morgan fingerprint density at radius 1 is 1.07 bits per heavy atom. The second-order valence-electron chi connectivity index (χ2n) is 10.2. The number of benzene rings is 3. The highest BCUT2D eigenvalue weighted by Crippen LogP contribution is 2.36. The number of urea groups is 1. The number of nitrogens with one attached hydrogen (secondary N) is 3. The third-order valence-corrected chi connectivity index (χ3v) is 8.06. The van der Waals surface area contributed by atoms with Crippen LogP contribution in [0.15, 0.2) is 71.6 Å². The molecule has 0 saturated carbocycles. The lowest BCUT2D eigenvalue weighted by molar-refractivity contribution is -0.128. The lowest BCUT2D eigenvalue weighted by Crippen LogP contribution is -2.54. The second kappa shape index (κ2) is 13.6. The number of hydrogen-bond acceptors (Lipinski definition) is 5. The van der Waals surface area contributed by atoms with Crippen molar-refractivity contribution in [3.05, 3.63) is 83.7 Å². The number of halogens is 1. The van der Waals surface area contributed by atoms with Crippen LogP contribution in [0.3, 0.4) is 0 Å². The van der Waals surface area contributed by atoms with Gasteiger partial charge >= 0.3 is 6.03 Å². The lowest BCUT2D eigenvalue weighted by atomic mass is 9.98. The van der Waals surface area contributed by atoms with Gasteiger partial charge in [0.2, 0.25) is 5.91 Å². The third-order valence-electron chi connectivity index (χ3n) is 6.92. The Morgan fingerprint density at radius 3 is 2.51 bits per heavy atom. The second-order valence-corrected chi connectivity index (χ2v) is 11.3. The molecule has 1 unspecified atom stereocenters. The van der Waals surface area contributed by atoms with Crippen LogP contribution in [0, 0.1) is 11.7 Å². The molecule has 216 valence electrons. The predicted molar refractivity (Wildman–Crippen MR) is 161 cm³/mol. The topological polar surface area (TPSA) is 117 Å². The van der Waals surface area contributed by atoms with Gasteiger partial charge in [0, 0.05) is 23.7 Å². The van der Waals surface area contributed by atoms with Gasteiger partial charge < -0.3 is 26.6 Å². The third kappa shape index (κ3) is 7.45. The molecule has 4 rings (SSSR count). The van der Waals surface area contributed by atoms with E-state index in [9.17, 15) is 18.8 Å². The number of nitrogens with zero attached hydrogens (tertiary/aromatic N) is 1. The molecule has 0 radical (unpaired) electrons. The summed E-state index contributed by atoms with van der Waals surface area (Å²) in [4.78, 5) is 40.6.